The van der Waals surface area contributed by atoms with Gasteiger partial charge in [-0.3, -0.25) is 4.79 Å². The summed E-state index contributed by atoms with van der Waals surface area (Å²) >= 11 is 5.30. The van der Waals surface area contributed by atoms with E-state index in [1.54, 1.807) is 130 Å². The van der Waals surface area contributed by atoms with E-state index < -0.39 is 21.4 Å². The molecule has 0 unspecified atom stereocenters. The maximum atomic E-state index is 13.6. The second kappa shape index (κ2) is 49.1. The van der Waals surface area contributed by atoms with E-state index >= 15 is 0 Å². The first-order valence-electron chi connectivity index (χ1n) is 41.6. The first kappa shape index (κ1) is 103. The van der Waals surface area contributed by atoms with Gasteiger partial charge in [0.05, 0.1) is 9.79 Å². The Hall–Kier alpha value is -14.5. The molecule has 0 atom stereocenters. The van der Waals surface area contributed by atoms with E-state index in [4.69, 9.17) is 91.7 Å². The molecule has 0 amide bonds. The van der Waals surface area contributed by atoms with Gasteiger partial charge in [0.1, 0.15) is 5.41 Å². The number of alkyl halides is 3. The summed E-state index contributed by atoms with van der Waals surface area (Å²) in [5.74, 6) is -0.0278. The van der Waals surface area contributed by atoms with E-state index in [-0.39, 0.29) is 32.1 Å². The van der Waals surface area contributed by atoms with Crippen molar-refractivity contribution in [3.63, 3.8) is 0 Å². The minimum atomic E-state index is -4.43. The Balaban J connectivity index is 0.000000172. The molecule has 16 aromatic rings. The predicted octanol–water partition coefficient (Wildman–Crippen LogP) is 24.1. The molecule has 0 saturated carbocycles. The number of nitrogens with two attached hydrogens (primary N) is 16. The fourth-order valence-electron chi connectivity index (χ4n) is 12.6. The number of ketones is 1. The molecule has 0 spiro atoms. The molecule has 0 aliphatic rings. The highest BCUT2D eigenvalue weighted by Crippen LogP contribution is 2.47. The molecule has 0 fully saturated rings. The molecule has 32 N–H and O–H groups in total. The lowest BCUT2D eigenvalue weighted by atomic mass is 9.75. The molecule has 19 nitrogen and oxygen atoms in total. The molecule has 0 bridgehead atoms. The van der Waals surface area contributed by atoms with Crippen LogP contribution in [-0.2, 0) is 20.7 Å². The van der Waals surface area contributed by atoms with Gasteiger partial charge in [-0.05, 0) is 381 Å². The minimum Gasteiger partial charge on any atom is -0.399 e. The molecule has 134 heavy (non-hydrogen) atoms. The normalized spacial score (nSPS) is 10.8. The van der Waals surface area contributed by atoms with Crippen LogP contribution in [0.2, 0.25) is 0 Å². The van der Waals surface area contributed by atoms with Gasteiger partial charge in [0.15, 0.2) is 5.78 Å². The third kappa shape index (κ3) is 31.9. The second-order valence-electron chi connectivity index (χ2n) is 31.2. The number of benzene rings is 16. The Kier molecular flexibility index (Phi) is 37.8. The van der Waals surface area contributed by atoms with Crippen molar-refractivity contribution < 1.29 is 26.4 Å². The van der Waals surface area contributed by atoms with Gasteiger partial charge >= 0.3 is 6.18 Å². The second-order valence-corrected chi connectivity index (χ2v) is 39.0. The summed E-state index contributed by atoms with van der Waals surface area (Å²) in [5, 5.41) is 0.980. The van der Waals surface area contributed by atoms with Crippen LogP contribution in [0.15, 0.2) is 415 Å². The Bertz CT molecular complexity index is 6120. The molecular formula is C106H111F3N16O3S6. The number of anilines is 16. The number of hydrogen-bond donors (Lipinski definition) is 16. The highest BCUT2D eigenvalue weighted by Gasteiger charge is 2.53. The fraction of sp³-hybridized carbons (Fsp3) is 0.0849. The summed E-state index contributed by atoms with van der Waals surface area (Å²) in [6.07, 6.45) is -4.43. The Morgan fingerprint density at radius 1 is 0.261 bits per heavy atom. The van der Waals surface area contributed by atoms with Crippen LogP contribution >= 0.6 is 56.9 Å². The number of hydrogen-bond acceptors (Lipinski definition) is 24. The Morgan fingerprint density at radius 3 is 0.701 bits per heavy atom. The van der Waals surface area contributed by atoms with Crippen LogP contribution in [-0.4, -0.2) is 25.5 Å². The van der Waals surface area contributed by atoms with Crippen molar-refractivity contribution in [3.05, 3.63) is 421 Å². The van der Waals surface area contributed by atoms with Gasteiger partial charge < -0.3 is 91.7 Å². The molecule has 0 aromatic heterocycles. The van der Waals surface area contributed by atoms with Crippen molar-refractivity contribution in [2.45, 2.75) is 90.8 Å². The topological polar surface area (TPSA) is 468 Å². The molecule has 0 heterocycles. The molecule has 16 rings (SSSR count). The quantitative estimate of drug-likeness (QED) is 0.0125. The molecule has 0 radical (unpaired) electrons. The standard InChI is InChI=1S/C15H15F3N2.C15H18N2.C14H16N2.C13H12N2O.C13H14N2S2.C12H12N2O2S.C12H12N2S2.C12H12N2S/c1-14(15(16,17)18,10-2-6-12(19)7-3-10)11-4-8-13(20)9-5-11;1-15(2,11-3-7-13(16)8-4-11)12-5-9-14(17)10-6-12;1-9-7-11(15)3-5-13(9)14-6-4-12(16)8-10(14)2;14-11-5-1-9(2-6-11)13(16)10-3-7-12(15)8-4-10;14-10-1-5-12(6-2-10)16-9-17-13-7-3-11(15)4-8-13;13-9-1-5-11(6-2-9)17(15,16)12-7-3-10(14)4-8-12;13-9-1-5-11(6-2-9)15-16-12-7-3-10(14)4-8-12;13-9-1-5-11(6-2-9)15-12-7-3-10(14)4-8-12/h2-9H,19-20H2,1H3;3-10H,16-17H2,1-2H3;3-8H,15-16H2,1-2H3;1-8H,14-15H2;1-8H,9,14-15H2;1-8H,13-14H2;1-8H,13-14H2;1-8H,13-14H2. The molecule has 28 heteroatoms. The van der Waals surface area contributed by atoms with Crippen LogP contribution in [0.5, 0.6) is 0 Å². The van der Waals surface area contributed by atoms with Gasteiger partial charge in [0.2, 0.25) is 9.84 Å². The average molecular weight is 1910 g/mol. The van der Waals surface area contributed by atoms with E-state index in [0.29, 0.717) is 45.3 Å². The molecule has 0 aliphatic carbocycles. The number of halogens is 3. The highest BCUT2D eigenvalue weighted by molar-refractivity contribution is 8.76. The maximum Gasteiger partial charge on any atom is 0.402 e. The van der Waals surface area contributed by atoms with E-state index in [2.05, 4.69) is 64.1 Å². The number of aryl methyl sites for hydroxylation is 2. The zero-order valence-corrected chi connectivity index (χ0v) is 79.4. The summed E-state index contributed by atoms with van der Waals surface area (Å²) in [5.41, 5.74) is 108. The van der Waals surface area contributed by atoms with Crippen molar-refractivity contribution >= 4 is 163 Å². The van der Waals surface area contributed by atoms with Gasteiger partial charge in [0.25, 0.3) is 0 Å². The van der Waals surface area contributed by atoms with Gasteiger partial charge in [0, 0.05) is 142 Å². The summed E-state index contributed by atoms with van der Waals surface area (Å²) in [7, 11) is -0.0669. The molecule has 690 valence electrons. The zero-order chi connectivity index (χ0) is 97.3. The molecule has 0 saturated heterocycles. The van der Waals surface area contributed by atoms with E-state index in [0.717, 1.165) is 68.9 Å². The fourth-order valence-corrected chi connectivity index (χ4v) is 18.6. The van der Waals surface area contributed by atoms with Crippen molar-refractivity contribution in [1.82, 2.24) is 0 Å². The van der Waals surface area contributed by atoms with Crippen molar-refractivity contribution in [2.75, 3.05) is 96.8 Å². The molecule has 16 aromatic carbocycles. The average Bonchev–Trinajstić information content (AvgIpc) is 0.753. The van der Waals surface area contributed by atoms with Crippen molar-refractivity contribution in [3.8, 4) is 11.1 Å². The first-order chi connectivity index (χ1) is 63.7. The van der Waals surface area contributed by atoms with Gasteiger partial charge in [-0.25, -0.2) is 8.42 Å². The monoisotopic (exact) mass is 1900 g/mol. The minimum absolute atomic E-state index is 0.0278. The number of thioether (sulfide) groups is 2. The van der Waals surface area contributed by atoms with Crippen LogP contribution in [0.3, 0.4) is 0 Å². The maximum absolute atomic E-state index is 13.6. The van der Waals surface area contributed by atoms with Gasteiger partial charge in [-0.2, -0.15) is 13.2 Å². The van der Waals surface area contributed by atoms with E-state index in [1.807, 2.05) is 194 Å². The smallest absolute Gasteiger partial charge is 0.399 e. The molecule has 0 aliphatic heterocycles. The lowest BCUT2D eigenvalue weighted by Gasteiger charge is -2.33. The van der Waals surface area contributed by atoms with Crippen LogP contribution in [0.4, 0.5) is 104 Å². The Morgan fingerprint density at radius 2 is 0.463 bits per heavy atom. The highest BCUT2D eigenvalue weighted by atomic mass is 33.1. The number of carbonyl (C=O) groups is 1. The van der Waals surface area contributed by atoms with E-state index in [1.165, 1.54) is 136 Å². The van der Waals surface area contributed by atoms with E-state index in [9.17, 15) is 26.4 Å². The summed E-state index contributed by atoms with van der Waals surface area (Å²) in [4.78, 5) is 19.6. The number of rotatable bonds is 18. The number of nitrogen functional groups attached to an aromatic ring is 16. The summed E-state index contributed by atoms with van der Waals surface area (Å²) in [6, 6.07) is 113. The number of sulfone groups is 1. The lowest BCUT2D eigenvalue weighted by Crippen LogP contribution is -2.40. The van der Waals surface area contributed by atoms with Crippen molar-refractivity contribution in [2.24, 2.45) is 0 Å². The van der Waals surface area contributed by atoms with Gasteiger partial charge in [-0.15, -0.1) is 23.5 Å². The third-order valence-electron chi connectivity index (χ3n) is 20.5. The van der Waals surface area contributed by atoms with Gasteiger partial charge in [-0.1, -0.05) is 108 Å². The number of carbonyl (C=O) groups excluding carboxylic acids is 1. The first-order valence-corrected chi connectivity index (χ1v) is 48.0. The lowest BCUT2D eigenvalue weighted by molar-refractivity contribution is -0.173. The van der Waals surface area contributed by atoms with Crippen LogP contribution < -0.4 is 91.7 Å². The summed E-state index contributed by atoms with van der Waals surface area (Å²) in [6.45, 7) is 9.70. The predicted molar refractivity (Wildman–Crippen MR) is 568 cm³/mol. The summed E-state index contributed by atoms with van der Waals surface area (Å²) < 4.78 is 65.2. The third-order valence-corrected chi connectivity index (χ3v) is 27.9. The molecular weight excluding hydrogens is 1790 g/mol. The SMILES string of the molecule is CC(C)(c1ccc(N)cc1)c1ccc(N)cc1.CC(c1ccc(N)cc1)(c1ccc(N)cc1)C(F)(F)F.Cc1cc(N)ccc1-c1ccc(N)cc1C.Nc1ccc(C(=O)c2ccc(N)cc2)cc1.Nc1ccc(S(=O)(=O)c2ccc(N)cc2)cc1.Nc1ccc(SCSc2ccc(N)cc2)cc1.Nc1ccc(SSc2ccc(N)cc2)cc1.Nc1ccc(Sc2ccc(N)cc2)cc1. The van der Waals surface area contributed by atoms with Crippen LogP contribution in [0, 0.1) is 13.8 Å². The zero-order valence-electron chi connectivity index (χ0n) is 74.5. The van der Waals surface area contributed by atoms with Crippen LogP contribution in [0.25, 0.3) is 11.1 Å². The Labute approximate surface area is 803 Å². The largest absolute Gasteiger partial charge is 0.402 e. The van der Waals surface area contributed by atoms with Crippen LogP contribution in [0.1, 0.15) is 70.1 Å². The van der Waals surface area contributed by atoms with Crippen molar-refractivity contribution in [1.29, 1.82) is 0 Å².